The van der Waals surface area contributed by atoms with Crippen LogP contribution in [0.25, 0.3) is 0 Å². The lowest BCUT2D eigenvalue weighted by molar-refractivity contribution is -0.471. The van der Waals surface area contributed by atoms with Gasteiger partial charge >= 0.3 is 12.1 Å². The van der Waals surface area contributed by atoms with Crippen molar-refractivity contribution >= 4 is 11.9 Å². The van der Waals surface area contributed by atoms with Crippen molar-refractivity contribution in [2.24, 2.45) is 5.73 Å². The largest absolute Gasteiger partial charge is 0.542 e. The van der Waals surface area contributed by atoms with Gasteiger partial charge in [0.05, 0.1) is 27.2 Å². The third-order valence-electron chi connectivity index (χ3n) is 2.12. The molecule has 1 aliphatic rings. The molecular formula is C9H16F3N3O2. The summed E-state index contributed by atoms with van der Waals surface area (Å²) < 4.78 is 33.5. The average molecular weight is 255 g/mol. The molecule has 0 aromatic carbocycles. The Kier molecular flexibility index (Phi) is 5.77. The van der Waals surface area contributed by atoms with E-state index in [1.54, 1.807) is 0 Å². The Hall–Kier alpha value is -1.47. The SMILES string of the molecule is C[N+](C)=C(N)N1CCCC1.O=C([O-])C(F)(F)F. The second-order valence-electron chi connectivity index (χ2n) is 3.73. The van der Waals surface area contributed by atoms with Crippen molar-refractivity contribution in [2.45, 2.75) is 19.0 Å². The predicted molar refractivity (Wildman–Crippen MR) is 53.2 cm³/mol. The number of carboxylic acid groups (broad SMARTS) is 1. The number of guanidine groups is 1. The van der Waals surface area contributed by atoms with Gasteiger partial charge in [0, 0.05) is 0 Å². The number of carbonyl (C=O) groups excluding carboxylic acids is 1. The van der Waals surface area contributed by atoms with Crippen molar-refractivity contribution in [3.05, 3.63) is 0 Å². The number of hydrogen-bond donors (Lipinski definition) is 1. The normalized spacial score (nSPS) is 15.0. The number of nitrogens with two attached hydrogens (primary N) is 1. The third-order valence-corrected chi connectivity index (χ3v) is 2.12. The van der Waals surface area contributed by atoms with Crippen LogP contribution >= 0.6 is 0 Å². The lowest BCUT2D eigenvalue weighted by atomic mass is 10.4. The summed E-state index contributed by atoms with van der Waals surface area (Å²) in [6, 6.07) is 0. The van der Waals surface area contributed by atoms with Gasteiger partial charge in [-0.3, -0.25) is 15.2 Å². The first kappa shape index (κ1) is 15.5. The summed E-state index contributed by atoms with van der Waals surface area (Å²) in [5.41, 5.74) is 5.79. The highest BCUT2D eigenvalue weighted by atomic mass is 19.4. The summed E-state index contributed by atoms with van der Waals surface area (Å²) in [5.74, 6) is -2.11. The van der Waals surface area contributed by atoms with Crippen molar-refractivity contribution in [3.8, 4) is 0 Å². The van der Waals surface area contributed by atoms with Gasteiger partial charge in [0.25, 0.3) is 0 Å². The maximum absolute atomic E-state index is 10.5. The van der Waals surface area contributed by atoms with Crippen LogP contribution in [-0.4, -0.2) is 54.8 Å². The maximum Gasteiger partial charge on any atom is 0.430 e. The van der Waals surface area contributed by atoms with Gasteiger partial charge in [-0.25, -0.2) is 0 Å². The van der Waals surface area contributed by atoms with Crippen LogP contribution in [-0.2, 0) is 4.79 Å². The first-order chi connectivity index (χ1) is 7.66. The Morgan fingerprint density at radius 3 is 1.88 bits per heavy atom. The Labute approximate surface area is 97.3 Å². The molecule has 5 nitrogen and oxygen atoms in total. The zero-order chi connectivity index (χ0) is 13.6. The van der Waals surface area contributed by atoms with Crippen molar-refractivity contribution in [3.63, 3.8) is 0 Å². The molecule has 0 spiro atoms. The minimum Gasteiger partial charge on any atom is -0.542 e. The van der Waals surface area contributed by atoms with Crippen LogP contribution < -0.4 is 10.8 Å². The van der Waals surface area contributed by atoms with E-state index in [1.165, 1.54) is 12.8 Å². The van der Waals surface area contributed by atoms with E-state index in [0.717, 1.165) is 19.0 Å². The molecule has 0 aromatic heterocycles. The Morgan fingerprint density at radius 1 is 1.29 bits per heavy atom. The number of alkyl halides is 3. The smallest absolute Gasteiger partial charge is 0.430 e. The summed E-state index contributed by atoms with van der Waals surface area (Å²) >= 11 is 0. The molecule has 1 rings (SSSR count). The van der Waals surface area contributed by atoms with E-state index in [4.69, 9.17) is 15.6 Å². The van der Waals surface area contributed by atoms with Crippen LogP contribution in [0.4, 0.5) is 13.2 Å². The van der Waals surface area contributed by atoms with Gasteiger partial charge in [-0.1, -0.05) is 0 Å². The van der Waals surface area contributed by atoms with Crippen LogP contribution in [0.2, 0.25) is 0 Å². The van der Waals surface area contributed by atoms with Gasteiger partial charge < -0.3 is 9.90 Å². The molecule has 1 fully saturated rings. The molecule has 100 valence electrons. The number of rotatable bonds is 0. The molecule has 0 amide bonds. The van der Waals surface area contributed by atoms with Crippen LogP contribution in [0.3, 0.4) is 0 Å². The quantitative estimate of drug-likeness (QED) is 0.341. The van der Waals surface area contributed by atoms with Gasteiger partial charge in [0.2, 0.25) is 0 Å². The second kappa shape index (κ2) is 6.31. The number of carbonyl (C=O) groups is 1. The summed E-state index contributed by atoms with van der Waals surface area (Å²) in [6.45, 7) is 2.26. The minimum atomic E-state index is -5.19. The number of nitrogens with zero attached hydrogens (tertiary/aromatic N) is 2. The number of hydrogen-bond acceptors (Lipinski definition) is 2. The van der Waals surface area contributed by atoms with Gasteiger partial charge in [0.15, 0.2) is 0 Å². The summed E-state index contributed by atoms with van der Waals surface area (Å²) in [7, 11) is 3.96. The molecule has 17 heavy (non-hydrogen) atoms. The van der Waals surface area contributed by atoms with E-state index in [-0.39, 0.29) is 0 Å². The lowest BCUT2D eigenvalue weighted by Gasteiger charge is -2.10. The first-order valence-electron chi connectivity index (χ1n) is 4.99. The molecule has 2 N–H and O–H groups in total. The number of halogens is 3. The van der Waals surface area contributed by atoms with Crippen molar-refractivity contribution in [1.29, 1.82) is 0 Å². The highest BCUT2D eigenvalue weighted by Crippen LogP contribution is 2.11. The van der Waals surface area contributed by atoms with E-state index >= 15 is 0 Å². The minimum absolute atomic E-state index is 0.900. The average Bonchev–Trinajstić information content (AvgIpc) is 2.68. The zero-order valence-corrected chi connectivity index (χ0v) is 9.75. The zero-order valence-electron chi connectivity index (χ0n) is 9.75. The Morgan fingerprint density at radius 2 is 1.65 bits per heavy atom. The molecule has 0 aromatic rings. The fraction of sp³-hybridized carbons (Fsp3) is 0.778. The second-order valence-corrected chi connectivity index (χ2v) is 3.73. The summed E-state index contributed by atoms with van der Waals surface area (Å²) in [4.78, 5) is 11.0. The van der Waals surface area contributed by atoms with Crippen LogP contribution in [0.1, 0.15) is 12.8 Å². The standard InChI is InChI=1S/C7H15N3.C2HF3O2/c1-9(2)7(8)10-5-3-4-6-10;3-2(4,5)1(6)7/h8H,3-6H2,1-2H3;(H,6,7). The van der Waals surface area contributed by atoms with Crippen LogP contribution in [0, 0.1) is 0 Å². The van der Waals surface area contributed by atoms with Crippen molar-refractivity contribution in [1.82, 2.24) is 4.90 Å². The topological polar surface area (TPSA) is 72.4 Å². The number of aliphatic carboxylic acids is 1. The molecular weight excluding hydrogens is 239 g/mol. The van der Waals surface area contributed by atoms with Crippen molar-refractivity contribution in [2.75, 3.05) is 27.2 Å². The van der Waals surface area contributed by atoms with Crippen LogP contribution in [0.5, 0.6) is 0 Å². The molecule has 0 bridgehead atoms. The Balaban J connectivity index is 0.000000325. The fourth-order valence-corrected chi connectivity index (χ4v) is 1.23. The van der Waals surface area contributed by atoms with E-state index in [0.29, 0.717) is 0 Å². The molecule has 0 unspecified atom stereocenters. The van der Waals surface area contributed by atoms with Gasteiger partial charge in [0.1, 0.15) is 5.97 Å². The highest BCUT2D eigenvalue weighted by molar-refractivity contribution is 5.73. The molecule has 1 heterocycles. The summed E-state index contributed by atoms with van der Waals surface area (Å²) in [6.07, 6.45) is -2.62. The fourth-order valence-electron chi connectivity index (χ4n) is 1.23. The predicted octanol–water partition coefficient (Wildman–Crippen LogP) is -1.03. The molecule has 1 aliphatic heterocycles. The first-order valence-corrected chi connectivity index (χ1v) is 4.99. The Bertz CT molecular complexity index is 292. The van der Waals surface area contributed by atoms with E-state index < -0.39 is 12.1 Å². The molecule has 0 atom stereocenters. The summed E-state index contributed by atoms with van der Waals surface area (Å²) in [5, 5.41) is 8.78. The molecule has 8 heteroatoms. The molecule has 1 saturated heterocycles. The van der Waals surface area contributed by atoms with E-state index in [1.807, 2.05) is 18.7 Å². The van der Waals surface area contributed by atoms with E-state index in [2.05, 4.69) is 4.90 Å². The van der Waals surface area contributed by atoms with Gasteiger partial charge in [-0.15, -0.1) is 0 Å². The number of likely N-dealkylation sites (tertiary alicyclic amines) is 1. The van der Waals surface area contributed by atoms with Crippen LogP contribution in [0.15, 0.2) is 0 Å². The number of carboxylic acids is 1. The van der Waals surface area contributed by atoms with Gasteiger partial charge in [-0.2, -0.15) is 13.2 Å². The van der Waals surface area contributed by atoms with Crippen molar-refractivity contribution < 1.29 is 27.6 Å². The van der Waals surface area contributed by atoms with E-state index in [9.17, 15) is 13.2 Å². The monoisotopic (exact) mass is 255 g/mol. The lowest BCUT2D eigenvalue weighted by Crippen LogP contribution is -2.40. The molecule has 0 radical (unpaired) electrons. The molecule has 0 saturated carbocycles. The molecule has 0 aliphatic carbocycles. The maximum atomic E-state index is 10.5. The van der Waals surface area contributed by atoms with Gasteiger partial charge in [-0.05, 0) is 12.8 Å². The highest BCUT2D eigenvalue weighted by Gasteiger charge is 2.28. The third kappa shape index (κ3) is 5.98.